The van der Waals surface area contributed by atoms with Crippen molar-refractivity contribution in [1.82, 2.24) is 18.7 Å². The number of carbonyl (C=O) groups excluding carboxylic acids is 2. The summed E-state index contributed by atoms with van der Waals surface area (Å²) in [6.07, 6.45) is 6.52. The van der Waals surface area contributed by atoms with Crippen molar-refractivity contribution in [3.8, 4) is 0 Å². The largest absolute Gasteiger partial charge is 0.444 e. The molecule has 0 aromatic carbocycles. The van der Waals surface area contributed by atoms with Crippen molar-refractivity contribution >= 4 is 29.2 Å². The lowest BCUT2D eigenvalue weighted by Gasteiger charge is -2.19. The van der Waals surface area contributed by atoms with Crippen LogP contribution in [0.4, 0.5) is 22.0 Å². The van der Waals surface area contributed by atoms with E-state index in [1.165, 1.54) is 0 Å². The third kappa shape index (κ3) is 6.14. The Morgan fingerprint density at radius 2 is 1.78 bits per heavy atom. The number of nitrogens with one attached hydrogen (secondary N) is 3. The van der Waals surface area contributed by atoms with Gasteiger partial charge in [0.05, 0.1) is 11.4 Å². The molecule has 32 heavy (non-hydrogen) atoms. The SMILES string of the molecule is Cn1ccc(NOCc2nc(NC(=O)c3cc(NC(=O)OC(C)(C)C)cn3C)cn2C)c1. The van der Waals surface area contributed by atoms with Crippen molar-refractivity contribution in [2.75, 3.05) is 16.1 Å². The number of aryl methyl sites for hydroxylation is 3. The first-order valence-corrected chi connectivity index (χ1v) is 10.00. The number of aromatic nitrogens is 4. The van der Waals surface area contributed by atoms with E-state index in [1.807, 2.05) is 37.1 Å². The topological polar surface area (TPSA) is 116 Å². The van der Waals surface area contributed by atoms with Gasteiger partial charge in [-0.2, -0.15) is 0 Å². The molecule has 11 heteroatoms. The molecule has 0 unspecified atom stereocenters. The molecule has 0 radical (unpaired) electrons. The molecule has 3 aromatic heterocycles. The van der Waals surface area contributed by atoms with Gasteiger partial charge in [-0.25, -0.2) is 9.78 Å². The first kappa shape index (κ1) is 22.9. The maximum absolute atomic E-state index is 12.7. The van der Waals surface area contributed by atoms with E-state index in [2.05, 4.69) is 21.1 Å². The van der Waals surface area contributed by atoms with Crippen LogP contribution >= 0.6 is 0 Å². The Bertz CT molecular complexity index is 1100. The highest BCUT2D eigenvalue weighted by atomic mass is 16.6. The molecule has 0 bridgehead atoms. The van der Waals surface area contributed by atoms with Gasteiger partial charge in [0, 0.05) is 45.9 Å². The quantitative estimate of drug-likeness (QED) is 0.483. The number of ether oxygens (including phenoxy) is 1. The molecule has 0 atom stereocenters. The van der Waals surface area contributed by atoms with Gasteiger partial charge < -0.3 is 23.8 Å². The smallest absolute Gasteiger partial charge is 0.412 e. The number of nitrogens with zero attached hydrogens (tertiary/aromatic N) is 4. The van der Waals surface area contributed by atoms with Crippen LogP contribution < -0.4 is 16.1 Å². The third-order valence-corrected chi connectivity index (χ3v) is 4.32. The summed E-state index contributed by atoms with van der Waals surface area (Å²) in [5.41, 5.74) is 3.87. The fourth-order valence-corrected chi connectivity index (χ4v) is 2.91. The van der Waals surface area contributed by atoms with Crippen LogP contribution in [0.5, 0.6) is 0 Å². The molecular formula is C21H29N7O4. The number of carbonyl (C=O) groups is 2. The molecule has 3 aromatic rings. The van der Waals surface area contributed by atoms with E-state index in [9.17, 15) is 9.59 Å². The van der Waals surface area contributed by atoms with E-state index >= 15 is 0 Å². The second kappa shape index (κ2) is 9.18. The molecule has 3 rings (SSSR count). The van der Waals surface area contributed by atoms with Gasteiger partial charge in [0.15, 0.2) is 5.82 Å². The van der Waals surface area contributed by atoms with Gasteiger partial charge in [-0.05, 0) is 32.9 Å². The predicted molar refractivity (Wildman–Crippen MR) is 120 cm³/mol. The van der Waals surface area contributed by atoms with Gasteiger partial charge in [-0.3, -0.25) is 20.4 Å². The fourth-order valence-electron chi connectivity index (χ4n) is 2.91. The van der Waals surface area contributed by atoms with Crippen LogP contribution in [0.25, 0.3) is 0 Å². The molecule has 2 amide bonds. The minimum atomic E-state index is -0.615. The molecule has 3 N–H and O–H groups in total. The Hall–Kier alpha value is -3.73. The third-order valence-electron chi connectivity index (χ3n) is 4.32. The van der Waals surface area contributed by atoms with Crippen LogP contribution in [0, 0.1) is 0 Å². The van der Waals surface area contributed by atoms with Crippen molar-refractivity contribution in [1.29, 1.82) is 0 Å². The summed E-state index contributed by atoms with van der Waals surface area (Å²) in [6.45, 7) is 5.54. The van der Waals surface area contributed by atoms with Crippen molar-refractivity contribution in [2.24, 2.45) is 21.1 Å². The summed E-state index contributed by atoms with van der Waals surface area (Å²) in [6, 6.07) is 3.45. The maximum Gasteiger partial charge on any atom is 0.412 e. The van der Waals surface area contributed by atoms with E-state index in [1.54, 1.807) is 55.4 Å². The molecule has 11 nitrogen and oxygen atoms in total. The highest BCUT2D eigenvalue weighted by Gasteiger charge is 2.19. The number of rotatable bonds is 7. The zero-order valence-corrected chi connectivity index (χ0v) is 19.1. The van der Waals surface area contributed by atoms with Crippen LogP contribution in [0.3, 0.4) is 0 Å². The number of hydrogen-bond donors (Lipinski definition) is 3. The maximum atomic E-state index is 12.7. The summed E-state index contributed by atoms with van der Waals surface area (Å²) in [5, 5.41) is 5.38. The predicted octanol–water partition coefficient (Wildman–Crippen LogP) is 3.24. The highest BCUT2D eigenvalue weighted by molar-refractivity contribution is 6.03. The van der Waals surface area contributed by atoms with Crippen LogP contribution in [0.15, 0.2) is 36.9 Å². The zero-order chi connectivity index (χ0) is 23.5. The van der Waals surface area contributed by atoms with Crippen LogP contribution in [0.1, 0.15) is 37.1 Å². The lowest BCUT2D eigenvalue weighted by molar-refractivity contribution is 0.0635. The number of imidazole rings is 1. The van der Waals surface area contributed by atoms with Crippen molar-refractivity contribution in [2.45, 2.75) is 33.0 Å². The number of hydrogen-bond acceptors (Lipinski definition) is 6. The molecule has 0 saturated heterocycles. The molecule has 0 spiro atoms. The lowest BCUT2D eigenvalue weighted by atomic mass is 10.2. The molecule has 0 aliphatic heterocycles. The van der Waals surface area contributed by atoms with Crippen molar-refractivity contribution < 1.29 is 19.2 Å². The first-order chi connectivity index (χ1) is 15.0. The summed E-state index contributed by atoms with van der Waals surface area (Å²) >= 11 is 0. The summed E-state index contributed by atoms with van der Waals surface area (Å²) in [7, 11) is 5.44. The van der Waals surface area contributed by atoms with E-state index in [4.69, 9.17) is 9.57 Å². The van der Waals surface area contributed by atoms with Gasteiger partial charge in [-0.15, -0.1) is 0 Å². The second-order valence-corrected chi connectivity index (χ2v) is 8.42. The first-order valence-electron chi connectivity index (χ1n) is 10.00. The molecule has 0 fully saturated rings. The standard InChI is InChI=1S/C21H29N7O4/c1-21(2,3)32-20(30)22-15-9-16(27(5)11-15)19(29)24-17-12-28(6)18(23-17)13-31-25-14-7-8-26(4)10-14/h7-12,25H,13H2,1-6H3,(H,22,30)(H,24,29). The van der Waals surface area contributed by atoms with E-state index in [-0.39, 0.29) is 12.5 Å². The van der Waals surface area contributed by atoms with E-state index < -0.39 is 11.7 Å². The van der Waals surface area contributed by atoms with Crippen LogP contribution in [-0.4, -0.2) is 36.3 Å². The lowest BCUT2D eigenvalue weighted by Crippen LogP contribution is -2.27. The van der Waals surface area contributed by atoms with Gasteiger partial charge in [0.25, 0.3) is 5.91 Å². The Labute approximate surface area is 186 Å². The minimum Gasteiger partial charge on any atom is -0.444 e. The minimum absolute atomic E-state index is 0.204. The Morgan fingerprint density at radius 3 is 2.44 bits per heavy atom. The normalized spacial score (nSPS) is 11.3. The molecular weight excluding hydrogens is 414 g/mol. The zero-order valence-electron chi connectivity index (χ0n) is 19.1. The van der Waals surface area contributed by atoms with Gasteiger partial charge in [0.1, 0.15) is 23.7 Å². The summed E-state index contributed by atoms with van der Waals surface area (Å²) in [5.74, 6) is 0.652. The fraction of sp³-hybridized carbons (Fsp3) is 0.381. The van der Waals surface area contributed by atoms with Crippen molar-refractivity contribution in [3.63, 3.8) is 0 Å². The molecule has 0 aliphatic carbocycles. The van der Waals surface area contributed by atoms with Crippen molar-refractivity contribution in [3.05, 3.63) is 48.4 Å². The van der Waals surface area contributed by atoms with Crippen LogP contribution in [0.2, 0.25) is 0 Å². The Kier molecular flexibility index (Phi) is 6.58. The number of amides is 2. The van der Waals surface area contributed by atoms with E-state index in [0.29, 0.717) is 23.0 Å². The second-order valence-electron chi connectivity index (χ2n) is 8.42. The Morgan fingerprint density at radius 1 is 1.03 bits per heavy atom. The van der Waals surface area contributed by atoms with Gasteiger partial charge >= 0.3 is 6.09 Å². The summed E-state index contributed by atoms with van der Waals surface area (Å²) < 4.78 is 10.5. The van der Waals surface area contributed by atoms with Crippen LogP contribution in [-0.2, 0) is 37.3 Å². The van der Waals surface area contributed by atoms with Gasteiger partial charge in [-0.1, -0.05) is 0 Å². The van der Waals surface area contributed by atoms with Gasteiger partial charge in [0.2, 0.25) is 0 Å². The average Bonchev–Trinajstić information content (AvgIpc) is 3.33. The molecule has 3 heterocycles. The monoisotopic (exact) mass is 443 g/mol. The Balaban J connectivity index is 1.58. The number of anilines is 3. The molecule has 0 aliphatic rings. The molecule has 0 saturated carbocycles. The molecule has 172 valence electrons. The highest BCUT2D eigenvalue weighted by Crippen LogP contribution is 2.17. The average molecular weight is 444 g/mol. The van der Waals surface area contributed by atoms with E-state index in [0.717, 1.165) is 5.69 Å². The summed E-state index contributed by atoms with van der Waals surface area (Å²) in [4.78, 5) is 34.5.